The maximum Gasteiger partial charge on any atom is 0.339 e. The first-order valence-corrected chi connectivity index (χ1v) is 10.2. The molecule has 0 radical (unpaired) electrons. The standard InChI is InChI=1S/C26H17ClN2O4/c1-32-24-12-9-17(13-20(24)26(30)31)23-14-22(27)21(15-28)25(29-23)16-7-10-19(11-8-16)33-18-5-3-2-4-6-18/h2-14H,1H3,(H,30,31). The predicted molar refractivity (Wildman–Crippen MR) is 125 cm³/mol. The molecule has 0 aliphatic rings. The van der Waals surface area contributed by atoms with Crippen LogP contribution in [0.2, 0.25) is 5.02 Å². The summed E-state index contributed by atoms with van der Waals surface area (Å²) < 4.78 is 10.9. The van der Waals surface area contributed by atoms with Crippen LogP contribution in [-0.4, -0.2) is 23.2 Å². The van der Waals surface area contributed by atoms with Crippen LogP contribution in [0.4, 0.5) is 0 Å². The van der Waals surface area contributed by atoms with E-state index in [4.69, 9.17) is 21.1 Å². The average molecular weight is 457 g/mol. The van der Waals surface area contributed by atoms with Crippen LogP contribution in [0.25, 0.3) is 22.5 Å². The van der Waals surface area contributed by atoms with Crippen LogP contribution in [0.1, 0.15) is 15.9 Å². The van der Waals surface area contributed by atoms with E-state index in [0.29, 0.717) is 34.0 Å². The number of nitriles is 1. The van der Waals surface area contributed by atoms with E-state index in [1.165, 1.54) is 13.2 Å². The van der Waals surface area contributed by atoms with Crippen molar-refractivity contribution in [3.8, 4) is 45.8 Å². The Morgan fingerprint density at radius 2 is 1.64 bits per heavy atom. The number of ether oxygens (including phenoxy) is 2. The molecule has 0 aliphatic carbocycles. The Kier molecular flexibility index (Phi) is 6.25. The molecule has 1 N–H and O–H groups in total. The SMILES string of the molecule is COc1ccc(-c2cc(Cl)c(C#N)c(-c3ccc(Oc4ccccc4)cc3)n2)cc1C(=O)O. The van der Waals surface area contributed by atoms with Crippen molar-refractivity contribution in [3.63, 3.8) is 0 Å². The van der Waals surface area contributed by atoms with Gasteiger partial charge in [-0.2, -0.15) is 5.26 Å². The first-order chi connectivity index (χ1) is 16.0. The molecule has 33 heavy (non-hydrogen) atoms. The van der Waals surface area contributed by atoms with Gasteiger partial charge in [-0.1, -0.05) is 29.8 Å². The van der Waals surface area contributed by atoms with E-state index in [9.17, 15) is 15.2 Å². The van der Waals surface area contributed by atoms with E-state index in [-0.39, 0.29) is 21.9 Å². The maximum absolute atomic E-state index is 11.6. The van der Waals surface area contributed by atoms with Crippen molar-refractivity contribution in [3.05, 3.63) is 95.0 Å². The van der Waals surface area contributed by atoms with Gasteiger partial charge in [0.05, 0.1) is 29.1 Å². The molecule has 0 atom stereocenters. The second-order valence-corrected chi connectivity index (χ2v) is 7.39. The summed E-state index contributed by atoms with van der Waals surface area (Å²) in [6.07, 6.45) is 0. The summed E-state index contributed by atoms with van der Waals surface area (Å²) in [5.74, 6) is 0.453. The van der Waals surface area contributed by atoms with Crippen LogP contribution in [0.15, 0.2) is 78.9 Å². The summed E-state index contributed by atoms with van der Waals surface area (Å²) in [7, 11) is 1.40. The Hall–Kier alpha value is -4.34. The number of carboxylic acids is 1. The molecule has 0 fully saturated rings. The third kappa shape index (κ3) is 4.64. The number of aromatic nitrogens is 1. The van der Waals surface area contributed by atoms with E-state index in [1.54, 1.807) is 42.5 Å². The molecule has 4 aromatic rings. The smallest absolute Gasteiger partial charge is 0.339 e. The Morgan fingerprint density at radius 1 is 0.970 bits per heavy atom. The van der Waals surface area contributed by atoms with E-state index >= 15 is 0 Å². The molecular weight excluding hydrogens is 440 g/mol. The van der Waals surface area contributed by atoms with Crippen molar-refractivity contribution in [2.75, 3.05) is 7.11 Å². The first-order valence-electron chi connectivity index (χ1n) is 9.86. The molecule has 1 heterocycles. The van der Waals surface area contributed by atoms with Crippen LogP contribution in [0.3, 0.4) is 0 Å². The van der Waals surface area contributed by atoms with Gasteiger partial charge < -0.3 is 14.6 Å². The highest BCUT2D eigenvalue weighted by Gasteiger charge is 2.17. The van der Waals surface area contributed by atoms with Gasteiger partial charge in [-0.3, -0.25) is 0 Å². The summed E-state index contributed by atoms with van der Waals surface area (Å²) in [6, 6.07) is 24.9. The summed E-state index contributed by atoms with van der Waals surface area (Å²) >= 11 is 6.41. The first kappa shape index (κ1) is 21.9. The number of hydrogen-bond acceptors (Lipinski definition) is 5. The monoisotopic (exact) mass is 456 g/mol. The lowest BCUT2D eigenvalue weighted by Crippen LogP contribution is -2.01. The van der Waals surface area contributed by atoms with Crippen molar-refractivity contribution in [1.29, 1.82) is 5.26 Å². The van der Waals surface area contributed by atoms with Crippen molar-refractivity contribution in [1.82, 2.24) is 4.98 Å². The number of nitrogens with zero attached hydrogens (tertiary/aromatic N) is 2. The van der Waals surface area contributed by atoms with Gasteiger partial charge in [-0.05, 0) is 60.7 Å². The maximum atomic E-state index is 11.6. The highest BCUT2D eigenvalue weighted by atomic mass is 35.5. The van der Waals surface area contributed by atoms with Gasteiger partial charge in [0.2, 0.25) is 0 Å². The highest BCUT2D eigenvalue weighted by Crippen LogP contribution is 2.34. The molecule has 4 rings (SSSR count). The number of para-hydroxylation sites is 1. The molecule has 0 spiro atoms. The lowest BCUT2D eigenvalue weighted by Gasteiger charge is -2.12. The molecule has 0 aliphatic heterocycles. The van der Waals surface area contributed by atoms with Crippen LogP contribution in [0, 0.1) is 11.3 Å². The van der Waals surface area contributed by atoms with Gasteiger partial charge in [0.1, 0.15) is 28.9 Å². The van der Waals surface area contributed by atoms with Crippen LogP contribution < -0.4 is 9.47 Å². The Morgan fingerprint density at radius 3 is 2.27 bits per heavy atom. The van der Waals surface area contributed by atoms with E-state index in [2.05, 4.69) is 11.1 Å². The van der Waals surface area contributed by atoms with Gasteiger partial charge in [0, 0.05) is 11.1 Å². The largest absolute Gasteiger partial charge is 0.496 e. The van der Waals surface area contributed by atoms with Crippen LogP contribution >= 0.6 is 11.6 Å². The zero-order valence-corrected chi connectivity index (χ0v) is 18.2. The molecule has 0 unspecified atom stereocenters. The third-order valence-electron chi connectivity index (χ3n) is 4.92. The van der Waals surface area contributed by atoms with Gasteiger partial charge in [0.15, 0.2) is 0 Å². The fourth-order valence-corrected chi connectivity index (χ4v) is 3.55. The number of benzene rings is 3. The van der Waals surface area contributed by atoms with Gasteiger partial charge in [-0.15, -0.1) is 0 Å². The molecule has 0 saturated carbocycles. The molecule has 0 bridgehead atoms. The van der Waals surface area contributed by atoms with Crippen LogP contribution in [0.5, 0.6) is 17.2 Å². The average Bonchev–Trinajstić information content (AvgIpc) is 2.84. The summed E-state index contributed by atoms with van der Waals surface area (Å²) in [5.41, 5.74) is 2.25. The fourth-order valence-electron chi connectivity index (χ4n) is 3.32. The minimum atomic E-state index is -1.12. The predicted octanol–water partition coefficient (Wildman–Crippen LogP) is 6.44. The van der Waals surface area contributed by atoms with Crippen LogP contribution in [-0.2, 0) is 0 Å². The zero-order chi connectivity index (χ0) is 23.4. The summed E-state index contributed by atoms with van der Waals surface area (Å²) in [4.78, 5) is 16.2. The van der Waals surface area contributed by atoms with E-state index < -0.39 is 5.97 Å². The Bertz CT molecular complexity index is 1360. The molecule has 162 valence electrons. The minimum Gasteiger partial charge on any atom is -0.496 e. The molecular formula is C26H17ClN2O4. The second-order valence-electron chi connectivity index (χ2n) is 6.98. The van der Waals surface area contributed by atoms with Gasteiger partial charge >= 0.3 is 5.97 Å². The van der Waals surface area contributed by atoms with Gasteiger partial charge in [0.25, 0.3) is 0 Å². The minimum absolute atomic E-state index is 0.00115. The second kappa shape index (κ2) is 9.43. The number of methoxy groups -OCH3 is 1. The molecule has 3 aromatic carbocycles. The number of carbonyl (C=O) groups is 1. The third-order valence-corrected chi connectivity index (χ3v) is 5.21. The van der Waals surface area contributed by atoms with Crippen molar-refractivity contribution in [2.45, 2.75) is 0 Å². The quantitative estimate of drug-likeness (QED) is 0.359. The van der Waals surface area contributed by atoms with Crippen molar-refractivity contribution >= 4 is 17.6 Å². The van der Waals surface area contributed by atoms with E-state index in [0.717, 1.165) is 0 Å². The summed E-state index contributed by atoms with van der Waals surface area (Å²) in [6.45, 7) is 0. The summed E-state index contributed by atoms with van der Waals surface area (Å²) in [5, 5.41) is 19.4. The van der Waals surface area contributed by atoms with Crippen molar-refractivity contribution in [2.24, 2.45) is 0 Å². The molecule has 6 nitrogen and oxygen atoms in total. The number of hydrogen-bond donors (Lipinski definition) is 1. The number of aromatic carboxylic acids is 1. The number of carboxylic acid groups (broad SMARTS) is 1. The van der Waals surface area contributed by atoms with Gasteiger partial charge in [-0.25, -0.2) is 9.78 Å². The molecule has 1 aromatic heterocycles. The lowest BCUT2D eigenvalue weighted by atomic mass is 10.0. The molecule has 0 amide bonds. The van der Waals surface area contributed by atoms with Crippen molar-refractivity contribution < 1.29 is 19.4 Å². The number of halogens is 1. The zero-order valence-electron chi connectivity index (χ0n) is 17.4. The Labute approximate surface area is 195 Å². The fraction of sp³-hybridized carbons (Fsp3) is 0.0385. The molecule has 7 heteroatoms. The number of rotatable bonds is 6. The normalized spacial score (nSPS) is 10.3. The van der Waals surface area contributed by atoms with E-state index in [1.807, 2.05) is 30.3 Å². The topological polar surface area (TPSA) is 92.4 Å². The number of pyridine rings is 1. The Balaban J connectivity index is 1.74. The highest BCUT2D eigenvalue weighted by molar-refractivity contribution is 6.32. The molecule has 0 saturated heterocycles. The lowest BCUT2D eigenvalue weighted by molar-refractivity contribution is 0.0693.